The fourth-order valence-electron chi connectivity index (χ4n) is 3.20. The Morgan fingerprint density at radius 1 is 1.00 bits per heavy atom. The van der Waals surface area contributed by atoms with Gasteiger partial charge < -0.3 is 20.1 Å². The third kappa shape index (κ3) is 4.97. The molecular formula is C20H24N4O3. The minimum atomic E-state index is -0.147. The molecule has 1 saturated heterocycles. The molecule has 0 atom stereocenters. The number of amides is 3. The van der Waals surface area contributed by atoms with Gasteiger partial charge in [0, 0.05) is 56.2 Å². The van der Waals surface area contributed by atoms with E-state index in [0.717, 1.165) is 12.1 Å². The van der Waals surface area contributed by atoms with E-state index in [-0.39, 0.29) is 17.7 Å². The number of rotatable bonds is 4. The van der Waals surface area contributed by atoms with Crippen LogP contribution in [-0.2, 0) is 16.0 Å². The number of nitrogens with one attached hydrogen (secondary N) is 2. The summed E-state index contributed by atoms with van der Waals surface area (Å²) in [5, 5.41) is 2.69. The summed E-state index contributed by atoms with van der Waals surface area (Å²) in [6.07, 6.45) is 2.92. The smallest absolute Gasteiger partial charge is 0.253 e. The van der Waals surface area contributed by atoms with Crippen molar-refractivity contribution in [3.05, 3.63) is 53.9 Å². The fourth-order valence-corrected chi connectivity index (χ4v) is 3.20. The van der Waals surface area contributed by atoms with Crippen molar-refractivity contribution in [1.29, 1.82) is 0 Å². The number of carbonyl (C=O) groups is 3. The van der Waals surface area contributed by atoms with Crippen molar-refractivity contribution in [2.75, 3.05) is 31.5 Å². The zero-order valence-corrected chi connectivity index (χ0v) is 15.4. The number of nitrogens with zero attached hydrogens (tertiary/aromatic N) is 2. The molecule has 3 rings (SSSR count). The second-order valence-corrected chi connectivity index (χ2v) is 6.66. The maximum atomic E-state index is 12.7. The Bertz CT molecular complexity index is 799. The summed E-state index contributed by atoms with van der Waals surface area (Å²) in [7, 11) is 0. The molecular weight excluding hydrogens is 344 g/mol. The molecule has 7 nitrogen and oxygen atoms in total. The van der Waals surface area contributed by atoms with Gasteiger partial charge in [0.25, 0.3) is 5.91 Å². The van der Waals surface area contributed by atoms with Gasteiger partial charge in [-0.2, -0.15) is 0 Å². The summed E-state index contributed by atoms with van der Waals surface area (Å²) >= 11 is 0. The van der Waals surface area contributed by atoms with Crippen LogP contribution in [0.1, 0.15) is 29.4 Å². The van der Waals surface area contributed by atoms with Crippen molar-refractivity contribution in [2.24, 2.45) is 0 Å². The first-order valence-electron chi connectivity index (χ1n) is 9.10. The van der Waals surface area contributed by atoms with E-state index in [1.807, 2.05) is 23.2 Å². The number of aromatic amines is 1. The monoisotopic (exact) mass is 368 g/mol. The molecule has 2 heterocycles. The Hall–Kier alpha value is -3.09. The van der Waals surface area contributed by atoms with Crippen molar-refractivity contribution in [1.82, 2.24) is 14.8 Å². The van der Waals surface area contributed by atoms with Crippen LogP contribution in [0.15, 0.2) is 42.6 Å². The number of aromatic nitrogens is 1. The SMILES string of the molecule is CC(=O)Nc1ccc(C(=O)N2CCCN(C(=O)Cc3ccc[nH]3)CC2)cc1. The van der Waals surface area contributed by atoms with Gasteiger partial charge in [0.2, 0.25) is 11.8 Å². The lowest BCUT2D eigenvalue weighted by atomic mass is 10.1. The van der Waals surface area contributed by atoms with Gasteiger partial charge in [-0.25, -0.2) is 0 Å². The van der Waals surface area contributed by atoms with Crippen molar-refractivity contribution >= 4 is 23.4 Å². The van der Waals surface area contributed by atoms with Gasteiger partial charge in [-0.05, 0) is 42.8 Å². The molecule has 0 unspecified atom stereocenters. The third-order valence-corrected chi connectivity index (χ3v) is 4.59. The van der Waals surface area contributed by atoms with Gasteiger partial charge in [-0.3, -0.25) is 14.4 Å². The lowest BCUT2D eigenvalue weighted by molar-refractivity contribution is -0.130. The first-order chi connectivity index (χ1) is 13.0. The van der Waals surface area contributed by atoms with Crippen LogP contribution in [0.25, 0.3) is 0 Å². The lowest BCUT2D eigenvalue weighted by Crippen LogP contribution is -2.38. The average molecular weight is 368 g/mol. The first kappa shape index (κ1) is 18.7. The molecule has 0 saturated carbocycles. The molecule has 1 aliphatic heterocycles. The fraction of sp³-hybridized carbons (Fsp3) is 0.350. The third-order valence-electron chi connectivity index (χ3n) is 4.59. The Morgan fingerprint density at radius 2 is 1.70 bits per heavy atom. The molecule has 7 heteroatoms. The van der Waals surface area contributed by atoms with Crippen LogP contribution in [0.4, 0.5) is 5.69 Å². The second-order valence-electron chi connectivity index (χ2n) is 6.66. The molecule has 3 amide bonds. The molecule has 1 aromatic heterocycles. The molecule has 1 aromatic carbocycles. The van der Waals surface area contributed by atoms with E-state index in [2.05, 4.69) is 10.3 Å². The standard InChI is InChI=1S/C20H24N4O3/c1-15(25)22-17-7-5-16(6-8-17)20(27)24-11-3-10-23(12-13-24)19(26)14-18-4-2-9-21-18/h2,4-9,21H,3,10-14H2,1H3,(H,22,25). The van der Waals surface area contributed by atoms with Crippen LogP contribution in [0.3, 0.4) is 0 Å². The van der Waals surface area contributed by atoms with Crippen LogP contribution < -0.4 is 5.32 Å². The predicted molar refractivity (Wildman–Crippen MR) is 102 cm³/mol. The number of benzene rings is 1. The van der Waals surface area contributed by atoms with E-state index < -0.39 is 0 Å². The van der Waals surface area contributed by atoms with E-state index in [1.54, 1.807) is 29.2 Å². The topological polar surface area (TPSA) is 85.5 Å². The van der Waals surface area contributed by atoms with E-state index in [0.29, 0.717) is 43.9 Å². The number of H-pyrrole nitrogens is 1. The summed E-state index contributed by atoms with van der Waals surface area (Å²) in [5.41, 5.74) is 2.14. The molecule has 0 bridgehead atoms. The molecule has 2 aromatic rings. The molecule has 1 aliphatic rings. The predicted octanol–water partition coefficient (Wildman–Crippen LogP) is 1.89. The van der Waals surface area contributed by atoms with Crippen LogP contribution in [0.2, 0.25) is 0 Å². The van der Waals surface area contributed by atoms with E-state index in [4.69, 9.17) is 0 Å². The van der Waals surface area contributed by atoms with Gasteiger partial charge >= 0.3 is 0 Å². The summed E-state index contributed by atoms with van der Waals surface area (Å²) in [5.74, 6) is -0.125. The molecule has 0 aliphatic carbocycles. The van der Waals surface area contributed by atoms with Gasteiger partial charge in [0.1, 0.15) is 0 Å². The lowest BCUT2D eigenvalue weighted by Gasteiger charge is -2.22. The van der Waals surface area contributed by atoms with E-state index >= 15 is 0 Å². The highest BCUT2D eigenvalue weighted by molar-refractivity contribution is 5.95. The van der Waals surface area contributed by atoms with Gasteiger partial charge in [-0.1, -0.05) is 0 Å². The van der Waals surface area contributed by atoms with E-state index in [1.165, 1.54) is 6.92 Å². The summed E-state index contributed by atoms with van der Waals surface area (Å²) in [4.78, 5) is 43.0. The maximum Gasteiger partial charge on any atom is 0.253 e. The average Bonchev–Trinajstić information content (AvgIpc) is 3.02. The van der Waals surface area contributed by atoms with Crippen molar-refractivity contribution in [3.63, 3.8) is 0 Å². The second kappa shape index (κ2) is 8.53. The highest BCUT2D eigenvalue weighted by Crippen LogP contribution is 2.14. The Labute approximate surface area is 158 Å². The molecule has 142 valence electrons. The Kier molecular flexibility index (Phi) is 5.90. The number of carbonyl (C=O) groups excluding carboxylic acids is 3. The molecule has 1 fully saturated rings. The van der Waals surface area contributed by atoms with Crippen LogP contribution in [0, 0.1) is 0 Å². The Balaban J connectivity index is 1.57. The van der Waals surface area contributed by atoms with Crippen LogP contribution >= 0.6 is 0 Å². The number of hydrogen-bond acceptors (Lipinski definition) is 3. The molecule has 0 spiro atoms. The zero-order valence-electron chi connectivity index (χ0n) is 15.4. The maximum absolute atomic E-state index is 12.7. The summed E-state index contributed by atoms with van der Waals surface area (Å²) in [6, 6.07) is 10.6. The highest BCUT2D eigenvalue weighted by Gasteiger charge is 2.23. The van der Waals surface area contributed by atoms with Crippen molar-refractivity contribution < 1.29 is 14.4 Å². The van der Waals surface area contributed by atoms with Gasteiger partial charge in [0.15, 0.2) is 0 Å². The highest BCUT2D eigenvalue weighted by atomic mass is 16.2. The van der Waals surface area contributed by atoms with Crippen molar-refractivity contribution in [2.45, 2.75) is 19.8 Å². The summed E-state index contributed by atoms with van der Waals surface area (Å²) < 4.78 is 0. The van der Waals surface area contributed by atoms with E-state index in [9.17, 15) is 14.4 Å². The van der Waals surface area contributed by atoms with Crippen LogP contribution in [-0.4, -0.2) is 58.7 Å². The zero-order chi connectivity index (χ0) is 19.2. The first-order valence-corrected chi connectivity index (χ1v) is 9.10. The molecule has 0 radical (unpaired) electrons. The van der Waals surface area contributed by atoms with Gasteiger partial charge in [0.05, 0.1) is 6.42 Å². The molecule has 27 heavy (non-hydrogen) atoms. The quantitative estimate of drug-likeness (QED) is 0.864. The van der Waals surface area contributed by atoms with Crippen LogP contribution in [0.5, 0.6) is 0 Å². The Morgan fingerprint density at radius 3 is 2.37 bits per heavy atom. The minimum absolute atomic E-state index is 0.0527. The molecule has 2 N–H and O–H groups in total. The van der Waals surface area contributed by atoms with Gasteiger partial charge in [-0.15, -0.1) is 0 Å². The largest absolute Gasteiger partial charge is 0.365 e. The minimum Gasteiger partial charge on any atom is -0.365 e. The normalized spacial score (nSPS) is 14.6. The summed E-state index contributed by atoms with van der Waals surface area (Å²) in [6.45, 7) is 3.78. The number of anilines is 1. The number of hydrogen-bond donors (Lipinski definition) is 2. The van der Waals surface area contributed by atoms with Crippen molar-refractivity contribution in [3.8, 4) is 0 Å².